The average molecular weight is 551 g/mol. The van der Waals surface area contributed by atoms with Crippen LogP contribution in [0.15, 0.2) is 77.7 Å². The molecule has 2 heterocycles. The zero-order valence-electron chi connectivity index (χ0n) is 19.9. The lowest BCUT2D eigenvalue weighted by Gasteiger charge is -2.16. The van der Waals surface area contributed by atoms with Gasteiger partial charge in [0.2, 0.25) is 11.0 Å². The lowest BCUT2D eigenvalue weighted by atomic mass is 10.1. The van der Waals surface area contributed by atoms with Gasteiger partial charge in [-0.05, 0) is 48.0 Å². The second-order valence-electron chi connectivity index (χ2n) is 8.38. The highest BCUT2D eigenvalue weighted by molar-refractivity contribution is 7.98. The molecule has 1 fully saturated rings. The van der Waals surface area contributed by atoms with Gasteiger partial charge >= 0.3 is 0 Å². The minimum absolute atomic E-state index is 0.0282. The van der Waals surface area contributed by atoms with Gasteiger partial charge in [0.05, 0.1) is 12.7 Å². The first-order valence-corrected chi connectivity index (χ1v) is 13.7. The Kier molecular flexibility index (Phi) is 7.73. The normalized spacial score (nSPS) is 15.1. The van der Waals surface area contributed by atoms with Gasteiger partial charge in [-0.2, -0.15) is 0 Å². The Balaban J connectivity index is 1.24. The number of nitrogens with zero attached hydrogens (tertiary/aromatic N) is 3. The van der Waals surface area contributed by atoms with Crippen LogP contribution in [0.3, 0.4) is 0 Å². The fraction of sp³-hybridized carbons (Fsp3) is 0.185. The van der Waals surface area contributed by atoms with Gasteiger partial charge in [-0.1, -0.05) is 53.3 Å². The third-order valence-electron chi connectivity index (χ3n) is 5.99. The molecule has 7 nitrogen and oxygen atoms in total. The maximum atomic E-state index is 13.1. The molecular weight excluding hydrogens is 528 g/mol. The summed E-state index contributed by atoms with van der Waals surface area (Å²) in [6, 6.07) is 22.5. The molecule has 37 heavy (non-hydrogen) atoms. The molecule has 1 N–H and O–H groups in total. The summed E-state index contributed by atoms with van der Waals surface area (Å²) in [5.74, 6) is 1.07. The van der Waals surface area contributed by atoms with Crippen LogP contribution in [0, 0.1) is 0 Å². The minimum atomic E-state index is -0.257. The Hall–Kier alpha value is -3.40. The molecule has 0 spiro atoms. The topological polar surface area (TPSA) is 84.4 Å². The van der Waals surface area contributed by atoms with E-state index in [-0.39, 0.29) is 17.7 Å². The second kappa shape index (κ2) is 11.3. The highest BCUT2D eigenvalue weighted by atomic mass is 35.5. The Morgan fingerprint density at radius 2 is 1.86 bits per heavy atom. The number of ether oxygens (including phenoxy) is 1. The quantitative estimate of drug-likeness (QED) is 0.260. The van der Waals surface area contributed by atoms with Crippen molar-refractivity contribution in [1.29, 1.82) is 0 Å². The zero-order valence-corrected chi connectivity index (χ0v) is 22.3. The van der Waals surface area contributed by atoms with Crippen LogP contribution < -0.4 is 15.0 Å². The molecule has 1 aromatic heterocycles. The number of nitrogens with one attached hydrogen (secondary N) is 1. The molecule has 0 radical (unpaired) electrons. The first-order valence-electron chi connectivity index (χ1n) is 11.6. The van der Waals surface area contributed by atoms with Crippen molar-refractivity contribution in [1.82, 2.24) is 10.2 Å². The summed E-state index contributed by atoms with van der Waals surface area (Å²) in [5, 5.41) is 13.2. The van der Waals surface area contributed by atoms with Crippen molar-refractivity contribution in [3.63, 3.8) is 0 Å². The molecule has 2 amide bonds. The molecule has 1 unspecified atom stereocenters. The molecule has 1 saturated heterocycles. The van der Waals surface area contributed by atoms with Crippen LogP contribution in [0.5, 0.6) is 5.75 Å². The number of rotatable bonds is 8. The summed E-state index contributed by atoms with van der Waals surface area (Å²) in [6.45, 7) is 0.509. The van der Waals surface area contributed by atoms with Crippen molar-refractivity contribution >= 4 is 57.3 Å². The number of thioether (sulfide) groups is 1. The number of aromatic nitrogens is 2. The van der Waals surface area contributed by atoms with E-state index in [1.807, 2.05) is 66.7 Å². The summed E-state index contributed by atoms with van der Waals surface area (Å²) < 4.78 is 5.20. The van der Waals surface area contributed by atoms with Gasteiger partial charge in [-0.3, -0.25) is 14.9 Å². The predicted molar refractivity (Wildman–Crippen MR) is 148 cm³/mol. The molecule has 5 rings (SSSR count). The fourth-order valence-corrected chi connectivity index (χ4v) is 6.22. The molecular formula is C27H23ClN4O3S2. The number of anilines is 2. The van der Waals surface area contributed by atoms with Crippen molar-refractivity contribution in [2.75, 3.05) is 23.9 Å². The van der Waals surface area contributed by atoms with Gasteiger partial charge in [0, 0.05) is 40.2 Å². The lowest BCUT2D eigenvalue weighted by molar-refractivity contribution is -0.117. The summed E-state index contributed by atoms with van der Waals surface area (Å²) in [6.07, 6.45) is 0.343. The Bertz CT molecular complexity index is 1430. The van der Waals surface area contributed by atoms with E-state index in [0.717, 1.165) is 26.9 Å². The van der Waals surface area contributed by atoms with Crippen LogP contribution in [0.25, 0.3) is 0 Å². The number of hydrogen-bond acceptors (Lipinski definition) is 7. The van der Waals surface area contributed by atoms with Gasteiger partial charge in [0.15, 0.2) is 0 Å². The molecule has 0 aliphatic carbocycles. The summed E-state index contributed by atoms with van der Waals surface area (Å²) in [4.78, 5) is 28.4. The molecule has 0 bridgehead atoms. The Morgan fingerprint density at radius 1 is 1.11 bits per heavy atom. The molecule has 1 aliphatic heterocycles. The molecule has 10 heteroatoms. The van der Waals surface area contributed by atoms with Crippen LogP contribution in [-0.4, -0.2) is 35.7 Å². The second-order valence-corrected chi connectivity index (χ2v) is 10.8. The van der Waals surface area contributed by atoms with Gasteiger partial charge in [-0.15, -0.1) is 22.0 Å². The number of methoxy groups -OCH3 is 1. The van der Waals surface area contributed by atoms with Crippen molar-refractivity contribution in [3.8, 4) is 5.75 Å². The summed E-state index contributed by atoms with van der Waals surface area (Å²) in [7, 11) is 1.61. The number of halogens is 1. The molecule has 3 aromatic carbocycles. The van der Waals surface area contributed by atoms with E-state index in [1.165, 1.54) is 11.3 Å². The van der Waals surface area contributed by atoms with Crippen molar-refractivity contribution in [2.24, 2.45) is 0 Å². The maximum absolute atomic E-state index is 13.1. The zero-order chi connectivity index (χ0) is 25.8. The van der Waals surface area contributed by atoms with E-state index in [4.69, 9.17) is 16.3 Å². The van der Waals surface area contributed by atoms with Crippen molar-refractivity contribution < 1.29 is 14.3 Å². The van der Waals surface area contributed by atoms with Gasteiger partial charge in [0.1, 0.15) is 10.8 Å². The monoisotopic (exact) mass is 550 g/mol. The van der Waals surface area contributed by atoms with E-state index < -0.39 is 0 Å². The standard InChI is InChI=1S/C27H23ClN4O3S2/c1-35-20-12-10-19(11-13-20)32-15-18(14-24(32)33)26-30-31-27(37-26)29-25(34)21-7-3-5-9-23(21)36-16-17-6-2-4-8-22(17)28/h2-13,18H,14-16H2,1H3,(H,29,31,34). The highest BCUT2D eigenvalue weighted by Crippen LogP contribution is 2.35. The van der Waals surface area contributed by atoms with Gasteiger partial charge in [0.25, 0.3) is 5.91 Å². The van der Waals surface area contributed by atoms with E-state index in [9.17, 15) is 9.59 Å². The Morgan fingerprint density at radius 3 is 2.65 bits per heavy atom. The number of carbonyl (C=O) groups excluding carboxylic acids is 2. The number of carbonyl (C=O) groups is 2. The average Bonchev–Trinajstić information content (AvgIpc) is 3.55. The highest BCUT2D eigenvalue weighted by Gasteiger charge is 2.34. The number of hydrogen-bond donors (Lipinski definition) is 1. The number of amides is 2. The van der Waals surface area contributed by atoms with Crippen LogP contribution in [0.1, 0.15) is 33.3 Å². The van der Waals surface area contributed by atoms with Crippen LogP contribution in [0.2, 0.25) is 5.02 Å². The van der Waals surface area contributed by atoms with E-state index in [1.54, 1.807) is 29.8 Å². The molecule has 1 atom stereocenters. The predicted octanol–water partition coefficient (Wildman–Crippen LogP) is 6.27. The SMILES string of the molecule is COc1ccc(N2CC(c3nnc(NC(=O)c4ccccc4SCc4ccccc4Cl)s3)CC2=O)cc1. The third kappa shape index (κ3) is 5.79. The first-order chi connectivity index (χ1) is 18.0. The van der Waals surface area contributed by atoms with Crippen LogP contribution >= 0.6 is 34.7 Å². The lowest BCUT2D eigenvalue weighted by Crippen LogP contribution is -2.24. The minimum Gasteiger partial charge on any atom is -0.497 e. The van der Waals surface area contributed by atoms with E-state index >= 15 is 0 Å². The van der Waals surface area contributed by atoms with Crippen molar-refractivity contribution in [3.05, 3.63) is 94.0 Å². The van der Waals surface area contributed by atoms with Crippen LogP contribution in [-0.2, 0) is 10.5 Å². The largest absolute Gasteiger partial charge is 0.497 e. The summed E-state index contributed by atoms with van der Waals surface area (Å²) >= 11 is 9.14. The maximum Gasteiger partial charge on any atom is 0.258 e. The molecule has 0 saturated carbocycles. The molecule has 1 aliphatic rings. The van der Waals surface area contributed by atoms with E-state index in [0.29, 0.717) is 34.4 Å². The summed E-state index contributed by atoms with van der Waals surface area (Å²) in [5.41, 5.74) is 2.38. The van der Waals surface area contributed by atoms with Crippen molar-refractivity contribution in [2.45, 2.75) is 23.0 Å². The third-order valence-corrected chi connectivity index (χ3v) is 8.48. The van der Waals surface area contributed by atoms with E-state index in [2.05, 4.69) is 15.5 Å². The van der Waals surface area contributed by atoms with Gasteiger partial charge in [-0.25, -0.2) is 0 Å². The first kappa shape index (κ1) is 25.3. The van der Waals surface area contributed by atoms with Crippen LogP contribution in [0.4, 0.5) is 10.8 Å². The molecule has 4 aromatic rings. The number of benzene rings is 3. The molecule has 188 valence electrons. The fourth-order valence-electron chi connectivity index (χ4n) is 4.05. The smallest absolute Gasteiger partial charge is 0.258 e. The van der Waals surface area contributed by atoms with Gasteiger partial charge < -0.3 is 9.64 Å². The Labute approximate surface area is 227 Å².